The van der Waals surface area contributed by atoms with E-state index in [0.717, 1.165) is 22.8 Å². The van der Waals surface area contributed by atoms with Gasteiger partial charge in [-0.1, -0.05) is 0 Å². The Bertz CT molecular complexity index is 690. The van der Waals surface area contributed by atoms with Gasteiger partial charge >= 0.3 is 0 Å². The smallest absolute Gasteiger partial charge is 0.279 e. The van der Waals surface area contributed by atoms with E-state index in [1.165, 1.54) is 0 Å². The second kappa shape index (κ2) is 7.98. The fourth-order valence-electron chi connectivity index (χ4n) is 2.33. The quantitative estimate of drug-likeness (QED) is 0.624. The Labute approximate surface area is 137 Å². The van der Waals surface area contributed by atoms with E-state index < -0.39 is 23.4 Å². The molecule has 0 saturated carbocycles. The number of nitrogens with two attached hydrogens (primary N) is 1. The number of hydrogen-bond acceptors (Lipinski definition) is 2. The highest BCUT2D eigenvalue weighted by Gasteiger charge is 2.23. The summed E-state index contributed by atoms with van der Waals surface area (Å²) in [6.07, 6.45) is 1.59. The summed E-state index contributed by atoms with van der Waals surface area (Å²) in [6, 6.07) is 5.46. The van der Waals surface area contributed by atoms with Gasteiger partial charge in [0.05, 0.1) is 26.0 Å². The normalized spacial score (nSPS) is 12.4. The van der Waals surface area contributed by atoms with Crippen LogP contribution < -0.4 is 15.5 Å². The van der Waals surface area contributed by atoms with Gasteiger partial charge in [0.25, 0.3) is 5.91 Å². The molecule has 1 heterocycles. The Morgan fingerprint density at radius 2 is 2.00 bits per heavy atom. The Morgan fingerprint density at radius 3 is 2.62 bits per heavy atom. The molecule has 8 heteroatoms. The van der Waals surface area contributed by atoms with Crippen molar-refractivity contribution in [2.24, 2.45) is 0 Å². The molecule has 0 unspecified atom stereocenters. The lowest BCUT2D eigenvalue weighted by Gasteiger charge is -2.17. The summed E-state index contributed by atoms with van der Waals surface area (Å²) in [5.41, 5.74) is -0.381. The van der Waals surface area contributed by atoms with Crippen LogP contribution in [0.2, 0.25) is 0 Å². The average molecular weight is 343 g/mol. The number of rotatable bonds is 7. The van der Waals surface area contributed by atoms with Crippen LogP contribution in [0.5, 0.6) is 0 Å². The number of benzene rings is 1. The summed E-state index contributed by atoms with van der Waals surface area (Å²) in [7, 11) is 3.94. The van der Waals surface area contributed by atoms with Crippen LogP contribution >= 0.6 is 0 Å². The van der Waals surface area contributed by atoms with E-state index >= 15 is 0 Å². The molecule has 0 spiro atoms. The number of anilines is 1. The summed E-state index contributed by atoms with van der Waals surface area (Å²) < 4.78 is 44.9. The van der Waals surface area contributed by atoms with Crippen molar-refractivity contribution < 1.29 is 32.6 Å². The van der Waals surface area contributed by atoms with Crippen LogP contribution in [0, 0.1) is 17.5 Å². The minimum Gasteiger partial charge on any atom is -0.463 e. The number of hydrogen-bond donors (Lipinski definition) is 3. The average Bonchev–Trinajstić information content (AvgIpc) is 3.06. The molecule has 2 rings (SSSR count). The number of quaternary nitrogens is 2. The standard InChI is InChI=1S/C16H18F3N3O2/c1-22(2)12(13-4-3-7-24-13)8-20-9-14(23)21-11-6-5-10(17)15(18)16(11)19/h3-7,12,20H,8-9H2,1-2H3,(H,21,23)/p+2/t12-/m0/s1. The van der Waals surface area contributed by atoms with E-state index in [1.807, 2.05) is 20.2 Å². The molecular weight excluding hydrogens is 323 g/mol. The van der Waals surface area contributed by atoms with Gasteiger partial charge in [0.1, 0.15) is 6.54 Å². The fourth-order valence-corrected chi connectivity index (χ4v) is 2.33. The van der Waals surface area contributed by atoms with Gasteiger partial charge in [-0.3, -0.25) is 4.79 Å². The van der Waals surface area contributed by atoms with E-state index in [9.17, 15) is 18.0 Å². The summed E-state index contributed by atoms with van der Waals surface area (Å²) >= 11 is 0. The molecule has 0 fully saturated rings. The molecule has 1 atom stereocenters. The van der Waals surface area contributed by atoms with Crippen molar-refractivity contribution in [1.82, 2.24) is 0 Å². The number of halogens is 3. The highest BCUT2D eigenvalue weighted by atomic mass is 19.2. The fraction of sp³-hybridized carbons (Fsp3) is 0.312. The van der Waals surface area contributed by atoms with Crippen molar-refractivity contribution >= 4 is 11.6 Å². The van der Waals surface area contributed by atoms with Crippen LogP contribution in [0.25, 0.3) is 0 Å². The highest BCUT2D eigenvalue weighted by molar-refractivity contribution is 5.91. The van der Waals surface area contributed by atoms with Crippen LogP contribution in [-0.4, -0.2) is 33.1 Å². The lowest BCUT2D eigenvalue weighted by molar-refractivity contribution is -0.909. The molecule has 0 aliphatic rings. The number of amides is 1. The van der Waals surface area contributed by atoms with E-state index in [2.05, 4.69) is 5.32 Å². The molecular formula is C16H20F3N3O2+2. The van der Waals surface area contributed by atoms with Crippen LogP contribution in [0.1, 0.15) is 11.8 Å². The van der Waals surface area contributed by atoms with Gasteiger partial charge in [0.2, 0.25) is 0 Å². The first-order valence-electron chi connectivity index (χ1n) is 7.48. The van der Waals surface area contributed by atoms with Crippen molar-refractivity contribution in [2.75, 3.05) is 32.5 Å². The van der Waals surface area contributed by atoms with Gasteiger partial charge < -0.3 is 20.0 Å². The minimum absolute atomic E-state index is 0.0168. The SMILES string of the molecule is C[NH+](C)[C@@H](C[NH2+]CC(=O)Nc1ccc(F)c(F)c1F)c1ccco1. The zero-order chi connectivity index (χ0) is 17.7. The number of carbonyl (C=O) groups excluding carboxylic acids is 1. The van der Waals surface area contributed by atoms with Crippen LogP contribution in [0.3, 0.4) is 0 Å². The molecule has 24 heavy (non-hydrogen) atoms. The van der Waals surface area contributed by atoms with Crippen molar-refractivity contribution in [2.45, 2.75) is 6.04 Å². The maximum Gasteiger partial charge on any atom is 0.279 e. The Morgan fingerprint density at radius 1 is 1.25 bits per heavy atom. The number of likely N-dealkylation sites (N-methyl/N-ethyl adjacent to an activating group) is 1. The Hall–Kier alpha value is -2.32. The highest BCUT2D eigenvalue weighted by Crippen LogP contribution is 2.19. The number of nitrogens with one attached hydrogen (secondary N) is 2. The third-order valence-corrected chi connectivity index (χ3v) is 3.62. The summed E-state index contributed by atoms with van der Waals surface area (Å²) in [6.45, 7) is 0.590. The molecule has 0 radical (unpaired) electrons. The molecule has 0 bridgehead atoms. The molecule has 5 nitrogen and oxygen atoms in total. The predicted molar refractivity (Wildman–Crippen MR) is 80.9 cm³/mol. The number of furan rings is 1. The maximum atomic E-state index is 13.5. The largest absolute Gasteiger partial charge is 0.463 e. The Kier molecular flexibility index (Phi) is 5.99. The van der Waals surface area contributed by atoms with Crippen molar-refractivity contribution in [3.63, 3.8) is 0 Å². The van der Waals surface area contributed by atoms with E-state index in [-0.39, 0.29) is 18.3 Å². The van der Waals surface area contributed by atoms with E-state index in [4.69, 9.17) is 4.42 Å². The summed E-state index contributed by atoms with van der Waals surface area (Å²) in [5.74, 6) is -4.02. The third-order valence-electron chi connectivity index (χ3n) is 3.62. The van der Waals surface area contributed by atoms with Crippen molar-refractivity contribution in [3.05, 3.63) is 53.7 Å². The first-order valence-corrected chi connectivity index (χ1v) is 7.48. The zero-order valence-electron chi connectivity index (χ0n) is 13.4. The first kappa shape index (κ1) is 18.0. The molecule has 0 saturated heterocycles. The molecule has 1 amide bonds. The second-order valence-electron chi connectivity index (χ2n) is 5.64. The van der Waals surface area contributed by atoms with Crippen LogP contribution in [-0.2, 0) is 4.79 Å². The van der Waals surface area contributed by atoms with Gasteiger partial charge in [0, 0.05) is 0 Å². The monoisotopic (exact) mass is 343 g/mol. The molecule has 1 aromatic heterocycles. The second-order valence-corrected chi connectivity index (χ2v) is 5.64. The van der Waals surface area contributed by atoms with Crippen LogP contribution in [0.15, 0.2) is 34.9 Å². The van der Waals surface area contributed by atoms with Crippen molar-refractivity contribution in [3.8, 4) is 0 Å². The molecule has 0 aliphatic heterocycles. The third kappa shape index (κ3) is 4.36. The summed E-state index contributed by atoms with van der Waals surface area (Å²) in [5, 5.41) is 3.98. The summed E-state index contributed by atoms with van der Waals surface area (Å²) in [4.78, 5) is 13.0. The van der Waals surface area contributed by atoms with E-state index in [1.54, 1.807) is 17.6 Å². The topological polar surface area (TPSA) is 63.3 Å². The van der Waals surface area contributed by atoms with Gasteiger partial charge in [-0.25, -0.2) is 13.2 Å². The molecule has 1 aromatic carbocycles. The molecule has 0 aliphatic carbocycles. The van der Waals surface area contributed by atoms with Crippen molar-refractivity contribution in [1.29, 1.82) is 0 Å². The molecule has 4 N–H and O–H groups in total. The van der Waals surface area contributed by atoms with Gasteiger partial charge in [0.15, 0.2) is 35.8 Å². The van der Waals surface area contributed by atoms with Gasteiger partial charge in [-0.2, -0.15) is 0 Å². The first-order chi connectivity index (χ1) is 11.4. The minimum atomic E-state index is -1.61. The lowest BCUT2D eigenvalue weighted by atomic mass is 10.2. The van der Waals surface area contributed by atoms with Gasteiger partial charge in [-0.15, -0.1) is 0 Å². The molecule has 130 valence electrons. The van der Waals surface area contributed by atoms with Crippen LogP contribution in [0.4, 0.5) is 18.9 Å². The lowest BCUT2D eigenvalue weighted by Crippen LogP contribution is -3.09. The van der Waals surface area contributed by atoms with Gasteiger partial charge in [-0.05, 0) is 24.3 Å². The Balaban J connectivity index is 1.88. The maximum absolute atomic E-state index is 13.5. The molecule has 2 aromatic rings. The zero-order valence-corrected chi connectivity index (χ0v) is 13.4. The van der Waals surface area contributed by atoms with E-state index in [0.29, 0.717) is 6.54 Å². The predicted octanol–water partition coefficient (Wildman–Crippen LogP) is 0.0846. The number of carbonyl (C=O) groups is 1.